The topological polar surface area (TPSA) is 84.2 Å². The van der Waals surface area contributed by atoms with E-state index < -0.39 is 11.8 Å². The van der Waals surface area contributed by atoms with E-state index in [-0.39, 0.29) is 0 Å². The van der Waals surface area contributed by atoms with Gasteiger partial charge in [0.25, 0.3) is 0 Å². The van der Waals surface area contributed by atoms with E-state index in [0.717, 1.165) is 15.6 Å². The minimum Gasteiger partial charge on any atom is -0.318 e. The number of carbonyl (C=O) groups excluding carboxylic acids is 2. The second-order valence-electron chi connectivity index (χ2n) is 3.35. The van der Waals surface area contributed by atoms with Crippen LogP contribution in [0.5, 0.6) is 0 Å². The minimum absolute atomic E-state index is 0.562. The van der Waals surface area contributed by atoms with Crippen molar-refractivity contribution in [3.8, 4) is 0 Å². The lowest BCUT2D eigenvalue weighted by atomic mass is 10.1. The molecule has 0 aliphatic rings. The summed E-state index contributed by atoms with van der Waals surface area (Å²) in [6.45, 7) is 3.80. The van der Waals surface area contributed by atoms with Crippen molar-refractivity contribution in [1.82, 2.24) is 5.43 Å². The molecule has 0 bridgehead atoms. The lowest BCUT2D eigenvalue weighted by molar-refractivity contribution is -0.136. The van der Waals surface area contributed by atoms with Crippen LogP contribution in [0.4, 0.5) is 5.69 Å². The lowest BCUT2D eigenvalue weighted by Crippen LogP contribution is -2.39. The van der Waals surface area contributed by atoms with Gasteiger partial charge in [0.15, 0.2) is 0 Å². The standard InChI is InChI=1S/C10H12BrN3O2/c1-5-3-7(4-6(2)8(5)11)13-9(15)10(16)14-12/h3-4H,12H2,1-2H3,(H,13,15)(H,14,16). The van der Waals surface area contributed by atoms with E-state index in [1.54, 1.807) is 17.6 Å². The molecule has 0 radical (unpaired) electrons. The van der Waals surface area contributed by atoms with Gasteiger partial charge in [-0.1, -0.05) is 15.9 Å². The van der Waals surface area contributed by atoms with Gasteiger partial charge < -0.3 is 5.32 Å². The Labute approximate surface area is 101 Å². The number of halogens is 1. The van der Waals surface area contributed by atoms with Crippen LogP contribution in [0.25, 0.3) is 0 Å². The first-order chi connectivity index (χ1) is 7.45. The van der Waals surface area contributed by atoms with Gasteiger partial charge in [0.1, 0.15) is 0 Å². The highest BCUT2D eigenvalue weighted by atomic mass is 79.9. The van der Waals surface area contributed by atoms with Crippen LogP contribution < -0.4 is 16.6 Å². The molecule has 2 amide bonds. The number of benzene rings is 1. The highest BCUT2D eigenvalue weighted by Gasteiger charge is 2.12. The zero-order valence-corrected chi connectivity index (χ0v) is 10.5. The summed E-state index contributed by atoms with van der Waals surface area (Å²) < 4.78 is 0.980. The number of nitrogens with one attached hydrogen (secondary N) is 2. The monoisotopic (exact) mass is 285 g/mol. The van der Waals surface area contributed by atoms with Crippen molar-refractivity contribution >= 4 is 33.4 Å². The van der Waals surface area contributed by atoms with Crippen LogP contribution in [0.1, 0.15) is 11.1 Å². The van der Waals surface area contributed by atoms with Gasteiger partial charge in [-0.3, -0.25) is 15.0 Å². The summed E-state index contributed by atoms with van der Waals surface area (Å²) >= 11 is 3.41. The maximum absolute atomic E-state index is 11.2. The Morgan fingerprint density at radius 2 is 1.69 bits per heavy atom. The van der Waals surface area contributed by atoms with E-state index in [9.17, 15) is 9.59 Å². The summed E-state index contributed by atoms with van der Waals surface area (Å²) in [4.78, 5) is 22.1. The number of hydrogen-bond acceptors (Lipinski definition) is 3. The number of nitrogens with two attached hydrogens (primary N) is 1. The van der Waals surface area contributed by atoms with Crippen molar-refractivity contribution in [3.63, 3.8) is 0 Å². The quantitative estimate of drug-likeness (QED) is 0.311. The highest BCUT2D eigenvalue weighted by molar-refractivity contribution is 9.10. The molecule has 0 unspecified atom stereocenters. The summed E-state index contributed by atoms with van der Waals surface area (Å²) in [6.07, 6.45) is 0. The third-order valence-corrected chi connectivity index (χ3v) is 3.28. The fraction of sp³-hybridized carbons (Fsp3) is 0.200. The molecule has 1 aromatic carbocycles. The molecule has 86 valence electrons. The Kier molecular flexibility index (Phi) is 4.03. The second-order valence-corrected chi connectivity index (χ2v) is 4.14. The zero-order valence-electron chi connectivity index (χ0n) is 8.93. The van der Waals surface area contributed by atoms with Crippen LogP contribution in [0, 0.1) is 13.8 Å². The second kappa shape index (κ2) is 5.09. The van der Waals surface area contributed by atoms with E-state index in [0.29, 0.717) is 5.69 Å². The van der Waals surface area contributed by atoms with E-state index in [1.807, 2.05) is 13.8 Å². The number of amides is 2. The molecule has 16 heavy (non-hydrogen) atoms. The summed E-state index contributed by atoms with van der Waals surface area (Å²) in [6, 6.07) is 3.53. The molecule has 0 spiro atoms. The SMILES string of the molecule is Cc1cc(NC(=O)C(=O)NN)cc(C)c1Br. The Morgan fingerprint density at radius 3 is 2.12 bits per heavy atom. The smallest absolute Gasteiger partial charge is 0.318 e. The minimum atomic E-state index is -0.877. The molecule has 0 atom stereocenters. The average Bonchev–Trinajstić information content (AvgIpc) is 2.24. The molecule has 0 aliphatic carbocycles. The number of aryl methyl sites for hydroxylation is 2. The van der Waals surface area contributed by atoms with Gasteiger partial charge in [0, 0.05) is 10.2 Å². The Bertz CT molecular complexity index is 423. The molecule has 0 saturated carbocycles. The average molecular weight is 286 g/mol. The largest absolute Gasteiger partial charge is 0.323 e. The Balaban J connectivity index is 2.91. The van der Waals surface area contributed by atoms with E-state index >= 15 is 0 Å². The van der Waals surface area contributed by atoms with Crippen LogP contribution in [0.15, 0.2) is 16.6 Å². The first-order valence-electron chi connectivity index (χ1n) is 4.54. The van der Waals surface area contributed by atoms with Crippen LogP contribution in [-0.2, 0) is 9.59 Å². The predicted molar refractivity (Wildman–Crippen MR) is 64.6 cm³/mol. The van der Waals surface area contributed by atoms with Crippen LogP contribution in [0.3, 0.4) is 0 Å². The van der Waals surface area contributed by atoms with E-state index in [1.165, 1.54) is 0 Å². The molecule has 6 heteroatoms. The third-order valence-electron chi connectivity index (χ3n) is 2.03. The van der Waals surface area contributed by atoms with Crippen molar-refractivity contribution < 1.29 is 9.59 Å². The maximum Gasteiger partial charge on any atom is 0.323 e. The Morgan fingerprint density at radius 1 is 1.19 bits per heavy atom. The van der Waals surface area contributed by atoms with Crippen molar-refractivity contribution in [2.24, 2.45) is 5.84 Å². The van der Waals surface area contributed by atoms with Gasteiger partial charge >= 0.3 is 11.8 Å². The van der Waals surface area contributed by atoms with Crippen LogP contribution in [0.2, 0.25) is 0 Å². The molecule has 1 aromatic rings. The van der Waals surface area contributed by atoms with Gasteiger partial charge in [-0.05, 0) is 37.1 Å². The highest BCUT2D eigenvalue weighted by Crippen LogP contribution is 2.24. The van der Waals surface area contributed by atoms with Gasteiger partial charge in [-0.15, -0.1) is 0 Å². The summed E-state index contributed by atoms with van der Waals surface area (Å²) in [5.74, 6) is 3.18. The number of hydrazine groups is 1. The molecule has 4 N–H and O–H groups in total. The molecule has 0 aromatic heterocycles. The number of hydrogen-bond donors (Lipinski definition) is 3. The molecule has 0 saturated heterocycles. The fourth-order valence-corrected chi connectivity index (χ4v) is 1.50. The zero-order chi connectivity index (χ0) is 12.3. The third kappa shape index (κ3) is 2.80. The van der Waals surface area contributed by atoms with Crippen LogP contribution >= 0.6 is 15.9 Å². The van der Waals surface area contributed by atoms with Gasteiger partial charge in [-0.25, -0.2) is 5.84 Å². The molecule has 0 heterocycles. The van der Waals surface area contributed by atoms with Crippen LogP contribution in [-0.4, -0.2) is 11.8 Å². The first-order valence-corrected chi connectivity index (χ1v) is 5.33. The molecule has 1 rings (SSSR count). The summed E-state index contributed by atoms with van der Waals surface area (Å²) in [7, 11) is 0. The molecular weight excluding hydrogens is 274 g/mol. The molecule has 0 fully saturated rings. The molecular formula is C10H12BrN3O2. The number of rotatable bonds is 1. The van der Waals surface area contributed by atoms with Crippen molar-refractivity contribution in [1.29, 1.82) is 0 Å². The van der Waals surface area contributed by atoms with E-state index in [2.05, 4.69) is 21.2 Å². The summed E-state index contributed by atoms with van der Waals surface area (Å²) in [5, 5.41) is 2.45. The fourth-order valence-electron chi connectivity index (χ4n) is 1.27. The van der Waals surface area contributed by atoms with Gasteiger partial charge in [-0.2, -0.15) is 0 Å². The van der Waals surface area contributed by atoms with Crippen molar-refractivity contribution in [2.45, 2.75) is 13.8 Å². The Hall–Kier alpha value is -1.40. The van der Waals surface area contributed by atoms with Gasteiger partial charge in [0.05, 0.1) is 0 Å². The summed E-state index contributed by atoms with van der Waals surface area (Å²) in [5.41, 5.74) is 4.28. The maximum atomic E-state index is 11.2. The molecule has 0 aliphatic heterocycles. The molecule has 5 nitrogen and oxygen atoms in total. The van der Waals surface area contributed by atoms with Gasteiger partial charge in [0.2, 0.25) is 0 Å². The number of anilines is 1. The first kappa shape index (κ1) is 12.7. The number of carbonyl (C=O) groups is 2. The van der Waals surface area contributed by atoms with Crippen molar-refractivity contribution in [2.75, 3.05) is 5.32 Å². The normalized spacial score (nSPS) is 9.75. The van der Waals surface area contributed by atoms with E-state index in [4.69, 9.17) is 5.84 Å². The predicted octanol–water partition coefficient (Wildman–Crippen LogP) is 0.994. The van der Waals surface area contributed by atoms with Crippen molar-refractivity contribution in [3.05, 3.63) is 27.7 Å². The lowest BCUT2D eigenvalue weighted by Gasteiger charge is -2.08.